The highest BCUT2D eigenvalue weighted by Crippen LogP contribution is 2.31. The molecule has 1 aliphatic rings. The van der Waals surface area contributed by atoms with Gasteiger partial charge in [0.2, 0.25) is 5.95 Å². The molecule has 2 heterocycles. The van der Waals surface area contributed by atoms with Gasteiger partial charge in [-0.15, -0.1) is 0 Å². The third kappa shape index (κ3) is 2.84. The fourth-order valence-electron chi connectivity index (χ4n) is 2.29. The maximum absolute atomic E-state index is 6.19. The Morgan fingerprint density at radius 1 is 1.24 bits per heavy atom. The molecule has 0 saturated carbocycles. The Bertz CT molecular complexity index is 654. The van der Waals surface area contributed by atoms with Gasteiger partial charge in [-0.25, -0.2) is 4.98 Å². The maximum atomic E-state index is 6.19. The molecule has 110 valence electrons. The van der Waals surface area contributed by atoms with E-state index in [1.54, 1.807) is 7.05 Å². The van der Waals surface area contributed by atoms with Gasteiger partial charge in [0, 0.05) is 42.2 Å². The van der Waals surface area contributed by atoms with Crippen LogP contribution in [0.1, 0.15) is 11.3 Å². The van der Waals surface area contributed by atoms with Gasteiger partial charge >= 0.3 is 0 Å². The molecule has 0 fully saturated rings. The summed E-state index contributed by atoms with van der Waals surface area (Å²) < 4.78 is 0. The molecule has 0 spiro atoms. The van der Waals surface area contributed by atoms with Crippen molar-refractivity contribution in [3.63, 3.8) is 0 Å². The molecule has 3 N–H and O–H groups in total. The van der Waals surface area contributed by atoms with E-state index in [9.17, 15) is 0 Å². The molecule has 0 radical (unpaired) electrons. The van der Waals surface area contributed by atoms with Gasteiger partial charge in [-0.05, 0) is 12.1 Å². The van der Waals surface area contributed by atoms with Crippen molar-refractivity contribution in [2.75, 3.05) is 29.5 Å². The monoisotopic (exact) mass is 323 g/mol. The lowest BCUT2D eigenvalue weighted by atomic mass is 10.2. The third-order valence-corrected chi connectivity index (χ3v) is 4.07. The smallest absolute Gasteiger partial charge is 0.224 e. The number of hydrogen-bond acceptors (Lipinski definition) is 5. The van der Waals surface area contributed by atoms with E-state index in [0.29, 0.717) is 22.5 Å². The Kier molecular flexibility index (Phi) is 4.03. The van der Waals surface area contributed by atoms with Crippen LogP contribution in [0.2, 0.25) is 10.0 Å². The molecule has 0 aliphatic carbocycles. The number of halogens is 2. The van der Waals surface area contributed by atoms with Crippen molar-refractivity contribution < 1.29 is 0 Å². The summed E-state index contributed by atoms with van der Waals surface area (Å²) in [5, 5.41) is 10.9. The number of nitrogens with zero attached hydrogens (tertiary/aromatic N) is 2. The van der Waals surface area contributed by atoms with Gasteiger partial charge in [0.15, 0.2) is 5.82 Å². The average molecular weight is 324 g/mol. The molecule has 2 aromatic rings. The molecule has 0 unspecified atom stereocenters. The second-order valence-electron chi connectivity index (χ2n) is 4.70. The molecule has 5 nitrogen and oxygen atoms in total. The molecule has 0 bridgehead atoms. The first kappa shape index (κ1) is 14.2. The Balaban J connectivity index is 1.87. The lowest BCUT2D eigenvalue weighted by Crippen LogP contribution is -2.08. The molecule has 3 rings (SSSR count). The number of hydrogen-bond donors (Lipinski definition) is 3. The van der Waals surface area contributed by atoms with Crippen molar-refractivity contribution in [2.24, 2.45) is 0 Å². The summed E-state index contributed by atoms with van der Waals surface area (Å²) in [4.78, 5) is 8.90. The van der Waals surface area contributed by atoms with Crippen LogP contribution >= 0.6 is 23.2 Å². The highest BCUT2D eigenvalue weighted by molar-refractivity contribution is 6.36. The Hall–Kier alpha value is -1.72. The van der Waals surface area contributed by atoms with Crippen LogP contribution in [0.4, 0.5) is 17.5 Å². The van der Waals surface area contributed by atoms with Crippen molar-refractivity contribution in [1.29, 1.82) is 0 Å². The van der Waals surface area contributed by atoms with Gasteiger partial charge < -0.3 is 16.0 Å². The normalized spacial score (nSPS) is 12.7. The van der Waals surface area contributed by atoms with Crippen LogP contribution in [-0.4, -0.2) is 23.6 Å². The van der Waals surface area contributed by atoms with E-state index in [4.69, 9.17) is 23.2 Å². The van der Waals surface area contributed by atoms with Crippen LogP contribution in [0.25, 0.3) is 0 Å². The van der Waals surface area contributed by atoms with Crippen molar-refractivity contribution in [3.8, 4) is 0 Å². The zero-order chi connectivity index (χ0) is 14.8. The lowest BCUT2D eigenvalue weighted by molar-refractivity contribution is 1.02. The number of nitrogens with one attached hydrogen (secondary N) is 3. The lowest BCUT2D eigenvalue weighted by Gasteiger charge is -2.13. The highest BCUT2D eigenvalue weighted by atomic mass is 35.5. The minimum Gasteiger partial charge on any atom is -0.380 e. The van der Waals surface area contributed by atoms with Crippen LogP contribution in [0, 0.1) is 0 Å². The SMILES string of the molecule is CNc1nc2c(c(NCc3c(Cl)cccc3Cl)n1)NCC2. The van der Waals surface area contributed by atoms with Crippen LogP contribution in [0.5, 0.6) is 0 Å². The highest BCUT2D eigenvalue weighted by Gasteiger charge is 2.19. The van der Waals surface area contributed by atoms with Crippen LogP contribution in [0.3, 0.4) is 0 Å². The predicted molar refractivity (Wildman–Crippen MR) is 87.6 cm³/mol. The summed E-state index contributed by atoms with van der Waals surface area (Å²) >= 11 is 12.4. The molecule has 1 aromatic carbocycles. The molecule has 0 atom stereocenters. The quantitative estimate of drug-likeness (QED) is 0.804. The third-order valence-electron chi connectivity index (χ3n) is 3.37. The molecule has 7 heteroatoms. The molecule has 0 amide bonds. The fourth-order valence-corrected chi connectivity index (χ4v) is 2.82. The first-order chi connectivity index (χ1) is 10.2. The summed E-state index contributed by atoms with van der Waals surface area (Å²) in [5.74, 6) is 1.36. The van der Waals surface area contributed by atoms with Gasteiger partial charge in [-0.1, -0.05) is 29.3 Å². The molecule has 1 aromatic heterocycles. The molecular weight excluding hydrogens is 309 g/mol. The van der Waals surface area contributed by atoms with Gasteiger partial charge in [0.25, 0.3) is 0 Å². The minimum atomic E-state index is 0.507. The van der Waals surface area contributed by atoms with Crippen molar-refractivity contribution >= 4 is 40.7 Å². The summed E-state index contributed by atoms with van der Waals surface area (Å²) in [7, 11) is 1.80. The fraction of sp³-hybridized carbons (Fsp3) is 0.286. The molecular formula is C14H15Cl2N5. The zero-order valence-electron chi connectivity index (χ0n) is 11.5. The van der Waals surface area contributed by atoms with Gasteiger partial charge in [-0.2, -0.15) is 4.98 Å². The van der Waals surface area contributed by atoms with Crippen LogP contribution in [-0.2, 0) is 13.0 Å². The van der Waals surface area contributed by atoms with Crippen molar-refractivity contribution in [3.05, 3.63) is 39.5 Å². The number of rotatable bonds is 4. The number of benzene rings is 1. The van der Waals surface area contributed by atoms with Gasteiger partial charge in [0.05, 0.1) is 11.4 Å². The number of aromatic nitrogens is 2. The van der Waals surface area contributed by atoms with E-state index in [2.05, 4.69) is 25.9 Å². The van der Waals surface area contributed by atoms with E-state index in [1.807, 2.05) is 18.2 Å². The summed E-state index contributed by atoms with van der Waals surface area (Å²) in [6.45, 7) is 1.38. The Labute approximate surface area is 133 Å². The first-order valence-electron chi connectivity index (χ1n) is 6.68. The van der Waals surface area contributed by atoms with Gasteiger partial charge in [-0.3, -0.25) is 0 Å². The summed E-state index contributed by atoms with van der Waals surface area (Å²) in [5.41, 5.74) is 2.83. The largest absolute Gasteiger partial charge is 0.380 e. The van der Waals surface area contributed by atoms with E-state index in [0.717, 1.165) is 35.7 Å². The van der Waals surface area contributed by atoms with Crippen molar-refractivity contribution in [2.45, 2.75) is 13.0 Å². The second kappa shape index (κ2) is 5.95. The van der Waals surface area contributed by atoms with E-state index in [1.165, 1.54) is 0 Å². The van der Waals surface area contributed by atoms with Gasteiger partial charge in [0.1, 0.15) is 0 Å². The second-order valence-corrected chi connectivity index (χ2v) is 5.51. The topological polar surface area (TPSA) is 61.9 Å². The number of fused-ring (bicyclic) bond motifs is 1. The number of anilines is 3. The standard InChI is InChI=1S/C14H15Cl2N5/c1-17-14-20-11-5-6-18-12(11)13(21-14)19-7-8-9(15)3-2-4-10(8)16/h2-4,18H,5-7H2,1H3,(H2,17,19,20,21). The maximum Gasteiger partial charge on any atom is 0.224 e. The predicted octanol–water partition coefficient (Wildman–Crippen LogP) is 3.41. The average Bonchev–Trinajstić information content (AvgIpc) is 2.94. The molecule has 21 heavy (non-hydrogen) atoms. The zero-order valence-corrected chi connectivity index (χ0v) is 13.0. The van der Waals surface area contributed by atoms with Crippen LogP contribution in [0.15, 0.2) is 18.2 Å². The Morgan fingerprint density at radius 3 is 2.71 bits per heavy atom. The van der Waals surface area contributed by atoms with E-state index >= 15 is 0 Å². The van der Waals surface area contributed by atoms with Crippen LogP contribution < -0.4 is 16.0 Å². The molecule has 0 saturated heterocycles. The van der Waals surface area contributed by atoms with Crippen molar-refractivity contribution in [1.82, 2.24) is 9.97 Å². The summed E-state index contributed by atoms with van der Waals surface area (Å²) in [6.07, 6.45) is 0.897. The minimum absolute atomic E-state index is 0.507. The Morgan fingerprint density at radius 2 is 2.00 bits per heavy atom. The van der Waals surface area contributed by atoms with E-state index < -0.39 is 0 Å². The summed E-state index contributed by atoms with van der Waals surface area (Å²) in [6, 6.07) is 5.48. The first-order valence-corrected chi connectivity index (χ1v) is 7.44. The van der Waals surface area contributed by atoms with E-state index in [-0.39, 0.29) is 0 Å². The molecule has 1 aliphatic heterocycles.